The Morgan fingerprint density at radius 2 is 2.11 bits per heavy atom. The number of pyridine rings is 2. The summed E-state index contributed by atoms with van der Waals surface area (Å²) in [6.07, 6.45) is 3.80. The molecule has 0 unspecified atom stereocenters. The summed E-state index contributed by atoms with van der Waals surface area (Å²) < 4.78 is 12.8. The van der Waals surface area contributed by atoms with E-state index in [1.54, 1.807) is 18.3 Å². The molecule has 9 nitrogen and oxygen atoms in total. The molecule has 0 aliphatic carbocycles. The fraction of sp³-hybridized carbons (Fsp3) is 0.321. The van der Waals surface area contributed by atoms with E-state index in [2.05, 4.69) is 21.5 Å². The van der Waals surface area contributed by atoms with Crippen molar-refractivity contribution in [3.05, 3.63) is 76.9 Å². The Morgan fingerprint density at radius 1 is 1.24 bits per heavy atom. The minimum Gasteiger partial charge on any atom is -0.377 e. The van der Waals surface area contributed by atoms with E-state index in [9.17, 15) is 10.1 Å². The van der Waals surface area contributed by atoms with E-state index in [4.69, 9.17) is 14.5 Å². The van der Waals surface area contributed by atoms with Gasteiger partial charge in [0.2, 0.25) is 0 Å². The summed E-state index contributed by atoms with van der Waals surface area (Å²) in [6.45, 7) is 6.20. The van der Waals surface area contributed by atoms with E-state index >= 15 is 0 Å². The first-order chi connectivity index (χ1) is 17.9. The molecule has 1 fully saturated rings. The Balaban J connectivity index is 1.21. The lowest BCUT2D eigenvalue weighted by Gasteiger charge is -2.30. The third kappa shape index (κ3) is 4.24. The smallest absolute Gasteiger partial charge is 0.251 e. The van der Waals surface area contributed by atoms with Crippen molar-refractivity contribution in [3.8, 4) is 17.3 Å². The molecule has 0 radical (unpaired) electrons. The van der Waals surface area contributed by atoms with Crippen LogP contribution in [0.15, 0.2) is 48.8 Å². The van der Waals surface area contributed by atoms with Crippen molar-refractivity contribution in [2.45, 2.75) is 38.5 Å². The predicted octanol–water partition coefficient (Wildman–Crippen LogP) is 3.61. The Bertz CT molecular complexity index is 1570. The predicted molar refractivity (Wildman–Crippen MR) is 136 cm³/mol. The average molecular weight is 495 g/mol. The maximum Gasteiger partial charge on any atom is 0.251 e. The number of hydrogen-bond acceptors (Lipinski definition) is 7. The van der Waals surface area contributed by atoms with Crippen molar-refractivity contribution in [1.82, 2.24) is 25.1 Å². The number of aromatic nitrogens is 4. The molecule has 4 aromatic rings. The Morgan fingerprint density at radius 3 is 2.89 bits per heavy atom. The zero-order chi connectivity index (χ0) is 25.6. The number of carbonyl (C=O) groups excluding carboxylic acids is 1. The summed E-state index contributed by atoms with van der Waals surface area (Å²) in [5, 5.41) is 18.2. The molecule has 0 spiro atoms. The number of rotatable bonds is 5. The maximum absolute atomic E-state index is 12.9. The summed E-state index contributed by atoms with van der Waals surface area (Å²) >= 11 is 0. The van der Waals surface area contributed by atoms with Crippen molar-refractivity contribution in [3.63, 3.8) is 0 Å². The largest absolute Gasteiger partial charge is 0.377 e. The number of nitrogens with zero attached hydrogens (tertiary/aromatic N) is 5. The Labute approximate surface area is 214 Å². The van der Waals surface area contributed by atoms with E-state index in [-0.39, 0.29) is 18.5 Å². The minimum absolute atomic E-state index is 0.221. The number of aryl methyl sites for hydroxylation is 1. The molecule has 5 heterocycles. The first kappa shape index (κ1) is 23.3. The van der Waals surface area contributed by atoms with Crippen LogP contribution >= 0.6 is 0 Å². The quantitative estimate of drug-likeness (QED) is 0.451. The van der Waals surface area contributed by atoms with Crippen molar-refractivity contribution in [2.75, 3.05) is 19.8 Å². The van der Waals surface area contributed by atoms with Gasteiger partial charge in [-0.3, -0.25) is 14.5 Å². The van der Waals surface area contributed by atoms with Crippen LogP contribution in [0.5, 0.6) is 0 Å². The molecule has 186 valence electrons. The molecular weight excluding hydrogens is 468 g/mol. The van der Waals surface area contributed by atoms with Gasteiger partial charge >= 0.3 is 0 Å². The molecule has 1 atom stereocenters. The number of nitrogens with one attached hydrogen (secondary N) is 1. The molecule has 1 aromatic carbocycles. The molecule has 37 heavy (non-hydrogen) atoms. The lowest BCUT2D eigenvalue weighted by molar-refractivity contribution is -0.0287. The average Bonchev–Trinajstić information content (AvgIpc) is 3.26. The highest BCUT2D eigenvalue weighted by Crippen LogP contribution is 2.32. The first-order valence-electron chi connectivity index (χ1n) is 12.2. The van der Waals surface area contributed by atoms with Gasteiger partial charge in [-0.2, -0.15) is 10.4 Å². The van der Waals surface area contributed by atoms with Crippen LogP contribution < -0.4 is 5.32 Å². The molecule has 1 N–H and O–H groups in total. The van der Waals surface area contributed by atoms with Crippen molar-refractivity contribution in [2.24, 2.45) is 0 Å². The van der Waals surface area contributed by atoms with Crippen molar-refractivity contribution < 1.29 is 14.3 Å². The molecular formula is C28H26N6O3. The van der Waals surface area contributed by atoms with Crippen molar-refractivity contribution >= 4 is 16.8 Å². The number of amides is 1. The molecule has 0 bridgehead atoms. The maximum atomic E-state index is 12.9. The van der Waals surface area contributed by atoms with Crippen LogP contribution in [-0.2, 0) is 28.0 Å². The van der Waals surface area contributed by atoms with Gasteiger partial charge in [0.25, 0.3) is 5.91 Å². The van der Waals surface area contributed by atoms with Gasteiger partial charge < -0.3 is 14.8 Å². The first-order valence-corrected chi connectivity index (χ1v) is 12.2. The molecule has 3 aromatic heterocycles. The normalized spacial score (nSPS) is 19.2. The molecule has 9 heteroatoms. The van der Waals surface area contributed by atoms with E-state index in [1.165, 1.54) is 0 Å². The Hall–Kier alpha value is -4.13. The number of fused-ring (bicyclic) bond motifs is 2. The third-order valence-corrected chi connectivity index (χ3v) is 7.11. The SMILES string of the molecule is Cc1nn(C2COC2)cc1-c1ccc2cnc(CNC(=O)c3ccc4c(c3)[C@](C)(C#N)COC4)cc2n1. The monoisotopic (exact) mass is 494 g/mol. The van der Waals surface area contributed by atoms with Crippen LogP contribution in [0, 0.1) is 18.3 Å². The molecule has 1 amide bonds. The number of nitriles is 1. The highest BCUT2D eigenvalue weighted by molar-refractivity contribution is 5.94. The van der Waals surface area contributed by atoms with E-state index in [0.717, 1.165) is 39.0 Å². The molecule has 0 saturated carbocycles. The van der Waals surface area contributed by atoms with E-state index < -0.39 is 5.41 Å². The van der Waals surface area contributed by atoms with Gasteiger partial charge in [-0.1, -0.05) is 6.07 Å². The minimum atomic E-state index is -0.770. The van der Waals surface area contributed by atoms with Crippen LogP contribution in [-0.4, -0.2) is 45.5 Å². The number of hydrogen-bond donors (Lipinski definition) is 1. The van der Waals surface area contributed by atoms with E-state index in [1.807, 2.05) is 49.0 Å². The summed E-state index contributed by atoms with van der Waals surface area (Å²) in [4.78, 5) is 22.3. The second-order valence-electron chi connectivity index (χ2n) is 9.86. The topological polar surface area (TPSA) is 115 Å². The van der Waals surface area contributed by atoms with Gasteiger partial charge in [-0.15, -0.1) is 0 Å². The second kappa shape index (κ2) is 9.07. The lowest BCUT2D eigenvalue weighted by atomic mass is 9.79. The van der Waals surface area contributed by atoms with Crippen LogP contribution in [0.4, 0.5) is 0 Å². The zero-order valence-corrected chi connectivity index (χ0v) is 20.7. The summed E-state index contributed by atoms with van der Waals surface area (Å²) in [6, 6.07) is 13.9. The highest BCUT2D eigenvalue weighted by Gasteiger charge is 2.33. The van der Waals surface area contributed by atoms with Gasteiger partial charge in [0.1, 0.15) is 5.41 Å². The summed E-state index contributed by atoms with van der Waals surface area (Å²) in [5.41, 5.74) is 5.78. The van der Waals surface area contributed by atoms with Gasteiger partial charge in [-0.05, 0) is 55.3 Å². The van der Waals surface area contributed by atoms with Crippen molar-refractivity contribution in [1.29, 1.82) is 5.26 Å². The second-order valence-corrected chi connectivity index (χ2v) is 9.86. The molecule has 1 saturated heterocycles. The van der Waals surface area contributed by atoms with Crippen LogP contribution in [0.2, 0.25) is 0 Å². The number of ether oxygens (including phenoxy) is 2. The summed E-state index contributed by atoms with van der Waals surface area (Å²) in [7, 11) is 0. The summed E-state index contributed by atoms with van der Waals surface area (Å²) in [5.74, 6) is -0.221. The molecule has 6 rings (SSSR count). The van der Waals surface area contributed by atoms with Gasteiger partial charge in [-0.25, -0.2) is 4.98 Å². The molecule has 2 aliphatic rings. The van der Waals surface area contributed by atoms with Crippen LogP contribution in [0.1, 0.15) is 45.8 Å². The fourth-order valence-corrected chi connectivity index (χ4v) is 4.77. The standard InChI is InChI=1S/C28H26N6O3/c1-17-23(11-34(33-17)22-13-36-14-22)25-6-5-19-9-30-21(8-26(19)32-25)10-31-27(35)18-3-4-20-12-37-16-28(2,15-29)24(20)7-18/h3-9,11,22H,10,12-14,16H2,1-2H3,(H,31,35)/t28-/m1/s1. The van der Waals surface area contributed by atoms with Gasteiger partial charge in [0, 0.05) is 28.9 Å². The van der Waals surface area contributed by atoms with Crippen LogP contribution in [0.25, 0.3) is 22.2 Å². The fourth-order valence-electron chi connectivity index (χ4n) is 4.77. The zero-order valence-electron chi connectivity index (χ0n) is 20.7. The number of benzene rings is 1. The van der Waals surface area contributed by atoms with Crippen LogP contribution in [0.3, 0.4) is 0 Å². The highest BCUT2D eigenvalue weighted by atomic mass is 16.5. The van der Waals surface area contributed by atoms with Gasteiger partial charge in [0.05, 0.1) is 67.7 Å². The third-order valence-electron chi connectivity index (χ3n) is 7.11. The number of carbonyl (C=O) groups is 1. The van der Waals surface area contributed by atoms with E-state index in [0.29, 0.717) is 37.7 Å². The van der Waals surface area contributed by atoms with Gasteiger partial charge in [0.15, 0.2) is 0 Å². The lowest BCUT2D eigenvalue weighted by Crippen LogP contribution is -2.33. The Kier molecular flexibility index (Phi) is 5.71. The molecule has 2 aliphatic heterocycles.